The Labute approximate surface area is 186 Å². The lowest BCUT2D eigenvalue weighted by Gasteiger charge is -2.43. The summed E-state index contributed by atoms with van der Waals surface area (Å²) in [5.41, 5.74) is 11.2. The second kappa shape index (κ2) is 14.7. The van der Waals surface area contributed by atoms with Crippen LogP contribution in [0.1, 0.15) is 86.0 Å². The van der Waals surface area contributed by atoms with E-state index in [0.717, 1.165) is 50.5 Å². The molecule has 0 aromatic carbocycles. The van der Waals surface area contributed by atoms with Gasteiger partial charge in [-0.05, 0) is 69.6 Å². The van der Waals surface area contributed by atoms with Crippen molar-refractivity contribution in [1.82, 2.24) is 0 Å². The van der Waals surface area contributed by atoms with Gasteiger partial charge in [0.05, 0.1) is 13.2 Å². The molecule has 0 aliphatic carbocycles. The van der Waals surface area contributed by atoms with Crippen LogP contribution in [0.2, 0.25) is 0 Å². The van der Waals surface area contributed by atoms with Crippen molar-refractivity contribution in [3.05, 3.63) is 11.1 Å². The van der Waals surface area contributed by atoms with E-state index in [1.54, 1.807) is 6.92 Å². The number of rotatable bonds is 16. The average molecular weight is 443 g/mol. The first-order chi connectivity index (χ1) is 14.5. The van der Waals surface area contributed by atoms with E-state index in [0.29, 0.717) is 24.5 Å². The van der Waals surface area contributed by atoms with Gasteiger partial charge < -0.3 is 26.0 Å². The van der Waals surface area contributed by atoms with E-state index >= 15 is 0 Å². The molecule has 31 heavy (non-hydrogen) atoms. The number of carbonyl (C=O) groups excluding carboxylic acids is 2. The topological polar surface area (TPSA) is 142 Å². The smallest absolute Gasteiger partial charge is 0.404 e. The number of allylic oxidation sites excluding steroid dienone is 1. The van der Waals surface area contributed by atoms with Crippen LogP contribution in [-0.4, -0.2) is 36.5 Å². The van der Waals surface area contributed by atoms with Gasteiger partial charge in [0.25, 0.3) is 0 Å². The predicted molar refractivity (Wildman–Crippen MR) is 120 cm³/mol. The van der Waals surface area contributed by atoms with Gasteiger partial charge in [-0.1, -0.05) is 39.2 Å². The number of amides is 2. The van der Waals surface area contributed by atoms with Gasteiger partial charge in [0.2, 0.25) is 0 Å². The van der Waals surface area contributed by atoms with E-state index < -0.39 is 18.2 Å². The number of primary amides is 2. The van der Waals surface area contributed by atoms with Crippen LogP contribution in [0, 0.1) is 17.3 Å². The lowest BCUT2D eigenvalue weighted by atomic mass is 9.62. The van der Waals surface area contributed by atoms with Crippen LogP contribution in [0.5, 0.6) is 0 Å². The molecule has 180 valence electrons. The Balaban J connectivity index is 5.60. The normalized spacial score (nSPS) is 14.4. The van der Waals surface area contributed by atoms with Crippen molar-refractivity contribution in [2.24, 2.45) is 28.7 Å². The fraction of sp³-hybridized carbons (Fsp3) is 0.783. The fourth-order valence-electron chi connectivity index (χ4n) is 4.60. The van der Waals surface area contributed by atoms with Crippen molar-refractivity contribution < 1.29 is 29.0 Å². The van der Waals surface area contributed by atoms with E-state index in [9.17, 15) is 19.5 Å². The van der Waals surface area contributed by atoms with Gasteiger partial charge in [0.15, 0.2) is 0 Å². The van der Waals surface area contributed by atoms with Crippen molar-refractivity contribution in [3.63, 3.8) is 0 Å². The maximum atomic E-state index is 11.7. The zero-order valence-corrected chi connectivity index (χ0v) is 19.9. The third-order valence-corrected chi connectivity index (χ3v) is 6.76. The van der Waals surface area contributed by atoms with Gasteiger partial charge in [0, 0.05) is 5.57 Å². The minimum Gasteiger partial charge on any atom is -0.478 e. The fourth-order valence-corrected chi connectivity index (χ4v) is 4.60. The summed E-state index contributed by atoms with van der Waals surface area (Å²) in [6.07, 6.45) is 5.36. The highest BCUT2D eigenvalue weighted by atomic mass is 16.5. The van der Waals surface area contributed by atoms with Gasteiger partial charge in [-0.2, -0.15) is 0 Å². The third kappa shape index (κ3) is 10.1. The summed E-state index contributed by atoms with van der Waals surface area (Å²) in [6, 6.07) is 0. The van der Waals surface area contributed by atoms with Crippen molar-refractivity contribution in [1.29, 1.82) is 0 Å². The van der Waals surface area contributed by atoms with E-state index in [-0.39, 0.29) is 17.9 Å². The van der Waals surface area contributed by atoms with Crippen LogP contribution in [0.4, 0.5) is 9.59 Å². The number of carbonyl (C=O) groups is 3. The molecular formula is C23H42N2O6. The molecule has 0 aromatic heterocycles. The monoisotopic (exact) mass is 442 g/mol. The number of carboxylic acid groups (broad SMARTS) is 1. The summed E-state index contributed by atoms with van der Waals surface area (Å²) in [4.78, 5) is 33.4. The second-order valence-electron chi connectivity index (χ2n) is 8.33. The van der Waals surface area contributed by atoms with Crippen LogP contribution in [0.15, 0.2) is 11.1 Å². The third-order valence-electron chi connectivity index (χ3n) is 6.76. The van der Waals surface area contributed by atoms with Crippen LogP contribution in [0.3, 0.4) is 0 Å². The molecular weight excluding hydrogens is 400 g/mol. The van der Waals surface area contributed by atoms with Crippen molar-refractivity contribution in [3.8, 4) is 0 Å². The lowest BCUT2D eigenvalue weighted by Crippen LogP contribution is -2.35. The highest BCUT2D eigenvalue weighted by Crippen LogP contribution is 2.48. The summed E-state index contributed by atoms with van der Waals surface area (Å²) in [5.74, 6) is -0.517. The van der Waals surface area contributed by atoms with Crippen LogP contribution in [-0.2, 0) is 14.3 Å². The molecule has 2 unspecified atom stereocenters. The minimum absolute atomic E-state index is 0.0369. The SMILES string of the molecule is CCC(CCCCOC(N)=O)CC(CC)(CC)C(CCOC(N)=O)C(C)=C(C)C(=O)O. The van der Waals surface area contributed by atoms with E-state index in [4.69, 9.17) is 20.9 Å². The lowest BCUT2D eigenvalue weighted by molar-refractivity contribution is -0.132. The number of aliphatic carboxylic acids is 1. The van der Waals surface area contributed by atoms with Gasteiger partial charge in [-0.15, -0.1) is 0 Å². The Morgan fingerprint density at radius 1 is 0.903 bits per heavy atom. The predicted octanol–water partition coefficient (Wildman–Crippen LogP) is 5.00. The molecule has 2 amide bonds. The Morgan fingerprint density at radius 2 is 1.45 bits per heavy atom. The van der Waals surface area contributed by atoms with Crippen LogP contribution < -0.4 is 11.5 Å². The summed E-state index contributed by atoms with van der Waals surface area (Å²) >= 11 is 0. The molecule has 0 aliphatic heterocycles. The Kier molecular flexibility index (Phi) is 13.6. The molecule has 0 saturated carbocycles. The Hall–Kier alpha value is -2.25. The molecule has 0 heterocycles. The molecule has 8 nitrogen and oxygen atoms in total. The maximum Gasteiger partial charge on any atom is 0.404 e. The molecule has 0 spiro atoms. The van der Waals surface area contributed by atoms with Gasteiger partial charge in [-0.25, -0.2) is 14.4 Å². The number of unbranched alkanes of at least 4 members (excludes halogenated alkanes) is 1. The molecule has 0 radical (unpaired) electrons. The Bertz CT molecular complexity index is 613. The summed E-state index contributed by atoms with van der Waals surface area (Å²) < 4.78 is 9.81. The molecule has 0 bridgehead atoms. The van der Waals surface area contributed by atoms with E-state index in [1.807, 2.05) is 6.92 Å². The molecule has 2 atom stereocenters. The first kappa shape index (κ1) is 28.8. The number of hydrogen-bond donors (Lipinski definition) is 3. The molecule has 5 N–H and O–H groups in total. The molecule has 0 aromatic rings. The minimum atomic E-state index is -0.930. The maximum absolute atomic E-state index is 11.7. The number of hydrogen-bond acceptors (Lipinski definition) is 5. The van der Waals surface area contributed by atoms with Gasteiger partial charge in [-0.3, -0.25) is 0 Å². The van der Waals surface area contributed by atoms with Gasteiger partial charge >= 0.3 is 18.2 Å². The second-order valence-corrected chi connectivity index (χ2v) is 8.33. The largest absolute Gasteiger partial charge is 0.478 e. The molecule has 0 fully saturated rings. The van der Waals surface area contributed by atoms with E-state index in [2.05, 4.69) is 20.8 Å². The summed E-state index contributed by atoms with van der Waals surface area (Å²) in [6.45, 7) is 10.4. The van der Waals surface area contributed by atoms with Crippen molar-refractivity contribution >= 4 is 18.2 Å². The van der Waals surface area contributed by atoms with E-state index in [1.165, 1.54) is 0 Å². The average Bonchev–Trinajstić information content (AvgIpc) is 2.72. The molecule has 0 rings (SSSR count). The highest BCUT2D eigenvalue weighted by Gasteiger charge is 2.39. The molecule has 8 heteroatoms. The quantitative estimate of drug-likeness (QED) is 0.227. The Morgan fingerprint density at radius 3 is 1.90 bits per heavy atom. The highest BCUT2D eigenvalue weighted by molar-refractivity contribution is 5.86. The number of carboxylic acids is 1. The number of ether oxygens (including phenoxy) is 2. The van der Waals surface area contributed by atoms with Crippen molar-refractivity contribution in [2.75, 3.05) is 13.2 Å². The zero-order valence-electron chi connectivity index (χ0n) is 19.9. The van der Waals surface area contributed by atoms with Crippen LogP contribution in [0.25, 0.3) is 0 Å². The van der Waals surface area contributed by atoms with Crippen molar-refractivity contribution in [2.45, 2.75) is 86.0 Å². The molecule has 0 saturated heterocycles. The zero-order chi connectivity index (χ0) is 24.0. The first-order valence-electron chi connectivity index (χ1n) is 11.3. The first-order valence-corrected chi connectivity index (χ1v) is 11.3. The summed E-state index contributed by atoms with van der Waals surface area (Å²) in [7, 11) is 0. The summed E-state index contributed by atoms with van der Waals surface area (Å²) in [5, 5.41) is 9.55. The van der Waals surface area contributed by atoms with Crippen LogP contribution >= 0.6 is 0 Å². The standard InChI is InChI=1S/C23H42N2O6/c1-6-18(11-9-10-13-30-21(24)28)15-23(7-2,8-3)19(12-14-31-22(25)29)16(4)17(5)20(26)27/h18-19H,6-15H2,1-5H3,(H2,24,28)(H2,25,29)(H,26,27). The van der Waals surface area contributed by atoms with Gasteiger partial charge in [0.1, 0.15) is 0 Å². The molecule has 0 aliphatic rings. The number of nitrogens with two attached hydrogens (primary N) is 2.